The second-order valence-corrected chi connectivity index (χ2v) is 7.85. The van der Waals surface area contributed by atoms with Crippen LogP contribution < -0.4 is 5.14 Å². The number of carbonyl (C=O) groups is 1. The number of ether oxygens (including phenoxy) is 1. The van der Waals surface area contributed by atoms with Gasteiger partial charge in [0, 0.05) is 13.6 Å². The molecule has 0 unspecified atom stereocenters. The van der Waals surface area contributed by atoms with Crippen molar-refractivity contribution in [2.45, 2.75) is 37.1 Å². The minimum atomic E-state index is -3.68. The molecule has 8 heteroatoms. The molecule has 0 saturated heterocycles. The number of rotatable bonds is 3. The van der Waals surface area contributed by atoms with Gasteiger partial charge in [-0.1, -0.05) is 0 Å². The van der Waals surface area contributed by atoms with E-state index in [4.69, 9.17) is 9.88 Å². The quantitative estimate of drug-likeness (QED) is 0.921. The van der Waals surface area contributed by atoms with Crippen LogP contribution in [0, 0.1) is 0 Å². The molecule has 0 aliphatic heterocycles. The fraction of sp³-hybridized carbons (Fsp3) is 0.545. The lowest BCUT2D eigenvalue weighted by atomic mass is 10.2. The minimum absolute atomic E-state index is 0.0834. The van der Waals surface area contributed by atoms with Crippen molar-refractivity contribution in [3.63, 3.8) is 0 Å². The van der Waals surface area contributed by atoms with E-state index < -0.39 is 21.7 Å². The van der Waals surface area contributed by atoms with Crippen LogP contribution in [-0.2, 0) is 21.3 Å². The van der Waals surface area contributed by atoms with Crippen molar-refractivity contribution in [3.8, 4) is 0 Å². The molecule has 0 fully saturated rings. The van der Waals surface area contributed by atoms with E-state index in [2.05, 4.69) is 0 Å². The van der Waals surface area contributed by atoms with E-state index in [1.54, 1.807) is 33.2 Å². The molecule has 108 valence electrons. The van der Waals surface area contributed by atoms with E-state index in [9.17, 15) is 13.2 Å². The van der Waals surface area contributed by atoms with E-state index >= 15 is 0 Å². The Balaban J connectivity index is 2.70. The monoisotopic (exact) mass is 306 g/mol. The Bertz CT molecular complexity index is 557. The summed E-state index contributed by atoms with van der Waals surface area (Å²) in [6, 6.07) is 1.46. The Morgan fingerprint density at radius 2 is 2.05 bits per heavy atom. The van der Waals surface area contributed by atoms with Gasteiger partial charge in [0.05, 0.1) is 0 Å². The van der Waals surface area contributed by atoms with Crippen LogP contribution in [0.2, 0.25) is 0 Å². The highest BCUT2D eigenvalue weighted by Crippen LogP contribution is 2.20. The van der Waals surface area contributed by atoms with Gasteiger partial charge in [-0.15, -0.1) is 11.3 Å². The van der Waals surface area contributed by atoms with Crippen LogP contribution in [0.1, 0.15) is 26.3 Å². The van der Waals surface area contributed by atoms with Gasteiger partial charge in [-0.2, -0.15) is 0 Å². The summed E-state index contributed by atoms with van der Waals surface area (Å²) in [6.07, 6.45) is -0.462. The van der Waals surface area contributed by atoms with Crippen LogP contribution in [0.25, 0.3) is 0 Å². The molecule has 0 bridgehead atoms. The summed E-state index contributed by atoms with van der Waals surface area (Å²) in [6.45, 7) is 5.61. The molecular formula is C11H18N2O4S2. The molecule has 19 heavy (non-hydrogen) atoms. The highest BCUT2D eigenvalue weighted by Gasteiger charge is 2.20. The largest absolute Gasteiger partial charge is 0.444 e. The van der Waals surface area contributed by atoms with Gasteiger partial charge in [-0.05, 0) is 37.8 Å². The van der Waals surface area contributed by atoms with Crippen molar-refractivity contribution in [2.75, 3.05) is 7.05 Å². The number of nitrogens with two attached hydrogens (primary N) is 1. The molecule has 1 aromatic rings. The number of nitrogens with zero attached hydrogens (tertiary/aromatic N) is 1. The maximum Gasteiger partial charge on any atom is 0.410 e. The molecule has 0 saturated carbocycles. The maximum atomic E-state index is 11.7. The third-order valence-electron chi connectivity index (χ3n) is 2.04. The lowest BCUT2D eigenvalue weighted by Crippen LogP contribution is -2.33. The summed E-state index contributed by atoms with van der Waals surface area (Å²) in [5.41, 5.74) is 0.133. The highest BCUT2D eigenvalue weighted by molar-refractivity contribution is 7.91. The van der Waals surface area contributed by atoms with Crippen LogP contribution in [0.4, 0.5) is 4.79 Å². The van der Waals surface area contributed by atoms with Gasteiger partial charge in [0.25, 0.3) is 0 Å². The second kappa shape index (κ2) is 5.48. The molecule has 1 aromatic heterocycles. The average molecular weight is 306 g/mol. The lowest BCUT2D eigenvalue weighted by molar-refractivity contribution is 0.0285. The first-order chi connectivity index (χ1) is 8.49. The number of hydrogen-bond acceptors (Lipinski definition) is 5. The van der Waals surface area contributed by atoms with Gasteiger partial charge < -0.3 is 9.64 Å². The molecule has 0 aliphatic carbocycles. The fourth-order valence-electron chi connectivity index (χ4n) is 1.26. The Labute approximate surface area is 117 Å². The summed E-state index contributed by atoms with van der Waals surface area (Å²) in [4.78, 5) is 13.1. The molecular weight excluding hydrogens is 288 g/mol. The van der Waals surface area contributed by atoms with Crippen molar-refractivity contribution < 1.29 is 17.9 Å². The summed E-state index contributed by atoms with van der Waals surface area (Å²) >= 11 is 1.03. The summed E-state index contributed by atoms with van der Waals surface area (Å²) in [7, 11) is -2.10. The maximum absolute atomic E-state index is 11.7. The van der Waals surface area contributed by atoms with Gasteiger partial charge >= 0.3 is 6.09 Å². The van der Waals surface area contributed by atoms with Crippen molar-refractivity contribution >= 4 is 27.5 Å². The number of primary sulfonamides is 1. The SMILES string of the molecule is CN(Cc1csc(S(N)(=O)=O)c1)C(=O)OC(C)(C)C. The normalized spacial score (nSPS) is 12.3. The Kier molecular flexibility index (Phi) is 4.59. The predicted molar refractivity (Wildman–Crippen MR) is 73.4 cm³/mol. The van der Waals surface area contributed by atoms with Crippen molar-refractivity contribution in [1.82, 2.24) is 4.90 Å². The smallest absolute Gasteiger partial charge is 0.410 e. The van der Waals surface area contributed by atoms with Crippen LogP contribution in [-0.4, -0.2) is 32.1 Å². The van der Waals surface area contributed by atoms with Crippen LogP contribution in [0.3, 0.4) is 0 Å². The van der Waals surface area contributed by atoms with Gasteiger partial charge in [-0.3, -0.25) is 0 Å². The Hall–Kier alpha value is -1.12. The predicted octanol–water partition coefficient (Wildman–Crippen LogP) is 1.76. The third kappa shape index (κ3) is 5.17. The summed E-state index contributed by atoms with van der Waals surface area (Å²) in [5, 5.41) is 6.67. The molecule has 1 amide bonds. The van der Waals surface area contributed by atoms with Crippen molar-refractivity contribution in [3.05, 3.63) is 17.0 Å². The molecule has 0 aliphatic rings. The lowest BCUT2D eigenvalue weighted by Gasteiger charge is -2.24. The van der Waals surface area contributed by atoms with E-state index in [0.29, 0.717) is 5.56 Å². The Morgan fingerprint density at radius 1 is 1.47 bits per heavy atom. The van der Waals surface area contributed by atoms with Crippen LogP contribution in [0.5, 0.6) is 0 Å². The minimum Gasteiger partial charge on any atom is -0.444 e. The van der Waals surface area contributed by atoms with E-state index in [1.807, 2.05) is 0 Å². The first-order valence-electron chi connectivity index (χ1n) is 5.53. The van der Waals surface area contributed by atoms with Gasteiger partial charge in [0.15, 0.2) is 0 Å². The standard InChI is InChI=1S/C11H18N2O4S2/c1-11(2,3)17-10(14)13(4)6-8-5-9(18-7-8)19(12,15)16/h5,7H,6H2,1-4H3,(H2,12,15,16). The first-order valence-corrected chi connectivity index (χ1v) is 7.96. The fourth-order valence-corrected chi connectivity index (χ4v) is 2.89. The molecule has 0 radical (unpaired) electrons. The van der Waals surface area contributed by atoms with E-state index in [1.165, 1.54) is 11.0 Å². The third-order valence-corrected chi connectivity index (χ3v) is 4.47. The first kappa shape index (κ1) is 15.9. The van der Waals surface area contributed by atoms with Gasteiger partial charge in [-0.25, -0.2) is 18.4 Å². The van der Waals surface area contributed by atoms with Crippen LogP contribution in [0.15, 0.2) is 15.7 Å². The number of hydrogen-bond donors (Lipinski definition) is 1. The molecule has 2 N–H and O–H groups in total. The van der Waals surface area contributed by atoms with Crippen molar-refractivity contribution in [1.29, 1.82) is 0 Å². The number of carbonyl (C=O) groups excluding carboxylic acids is 1. The zero-order valence-electron chi connectivity index (χ0n) is 11.3. The number of thiophene rings is 1. The van der Waals surface area contributed by atoms with Crippen molar-refractivity contribution in [2.24, 2.45) is 5.14 Å². The summed E-state index contributed by atoms with van der Waals surface area (Å²) in [5.74, 6) is 0. The van der Waals surface area contributed by atoms with E-state index in [-0.39, 0.29) is 10.8 Å². The average Bonchev–Trinajstić information content (AvgIpc) is 2.62. The number of amides is 1. The van der Waals surface area contributed by atoms with E-state index in [0.717, 1.165) is 11.3 Å². The zero-order chi connectivity index (χ0) is 14.8. The number of sulfonamides is 1. The van der Waals surface area contributed by atoms with Gasteiger partial charge in [0.2, 0.25) is 10.0 Å². The van der Waals surface area contributed by atoms with Crippen LogP contribution >= 0.6 is 11.3 Å². The Morgan fingerprint density at radius 3 is 2.47 bits per heavy atom. The topological polar surface area (TPSA) is 89.7 Å². The molecule has 0 spiro atoms. The highest BCUT2D eigenvalue weighted by atomic mass is 32.2. The molecule has 1 heterocycles. The zero-order valence-corrected chi connectivity index (χ0v) is 13.0. The summed E-state index contributed by atoms with van der Waals surface area (Å²) < 4.78 is 27.5. The molecule has 6 nitrogen and oxygen atoms in total. The second-order valence-electron chi connectivity index (χ2n) is 5.16. The molecule has 0 aromatic carbocycles. The van der Waals surface area contributed by atoms with Gasteiger partial charge in [0.1, 0.15) is 9.81 Å². The molecule has 1 rings (SSSR count). The molecule has 0 atom stereocenters.